The fraction of sp³-hybridized carbons (Fsp3) is 0.462. The fourth-order valence-electron chi connectivity index (χ4n) is 4.04. The highest BCUT2D eigenvalue weighted by molar-refractivity contribution is 7.89. The Labute approximate surface area is 234 Å². The van der Waals surface area contributed by atoms with Crippen LogP contribution in [0, 0.1) is 0 Å². The maximum atomic E-state index is 13.4. The molecule has 9 nitrogen and oxygen atoms in total. The normalized spacial score (nSPS) is 16.9. The number of benzene rings is 2. The summed E-state index contributed by atoms with van der Waals surface area (Å²) in [7, 11) is -4.35. The van der Waals surface area contributed by atoms with E-state index in [-0.39, 0.29) is 38.3 Å². The van der Waals surface area contributed by atoms with E-state index in [9.17, 15) is 40.0 Å². The Hall–Kier alpha value is -3.46. The SMILES string of the molecule is CC(C)(C)OC(=O)N1CCN(S(=O)(=O)c2ccc(C(F)(F)F)cc2)[C@@H](CC(=O)NCc2ccc(OC(F)F)cc2)C1. The van der Waals surface area contributed by atoms with Crippen LogP contribution in [0.25, 0.3) is 0 Å². The minimum Gasteiger partial charge on any atom is -0.444 e. The molecule has 0 spiro atoms. The summed E-state index contributed by atoms with van der Waals surface area (Å²) < 4.78 is 101. The molecule has 1 atom stereocenters. The molecule has 1 saturated heterocycles. The largest absolute Gasteiger partial charge is 0.444 e. The van der Waals surface area contributed by atoms with Crippen LogP contribution in [0.4, 0.5) is 26.7 Å². The van der Waals surface area contributed by atoms with Crippen molar-refractivity contribution in [1.82, 2.24) is 14.5 Å². The van der Waals surface area contributed by atoms with Crippen molar-refractivity contribution in [3.8, 4) is 5.75 Å². The van der Waals surface area contributed by atoms with Gasteiger partial charge in [0.05, 0.1) is 16.5 Å². The van der Waals surface area contributed by atoms with Crippen LogP contribution in [-0.2, 0) is 32.3 Å². The van der Waals surface area contributed by atoms with Gasteiger partial charge in [-0.15, -0.1) is 0 Å². The van der Waals surface area contributed by atoms with Gasteiger partial charge in [0.25, 0.3) is 0 Å². The molecule has 226 valence electrons. The number of rotatable bonds is 8. The second-order valence-corrected chi connectivity index (χ2v) is 12.1. The molecule has 0 aromatic heterocycles. The molecule has 1 N–H and O–H groups in total. The number of nitrogens with zero attached hydrogens (tertiary/aromatic N) is 2. The lowest BCUT2D eigenvalue weighted by molar-refractivity contribution is -0.137. The second kappa shape index (κ2) is 12.6. The van der Waals surface area contributed by atoms with Gasteiger partial charge in [-0.1, -0.05) is 12.1 Å². The molecule has 1 heterocycles. The lowest BCUT2D eigenvalue weighted by Gasteiger charge is -2.40. The molecule has 0 aliphatic carbocycles. The standard InChI is InChI=1S/C26H30F5N3O6S/c1-25(2,3)40-24(36)33-12-13-34(41(37,38)21-10-6-18(7-11-21)26(29,30)31)19(16-33)14-22(35)32-15-17-4-8-20(9-5-17)39-23(27)28/h4-11,19,23H,12-16H2,1-3H3,(H,32,35)/t19-/m0/s1. The predicted molar refractivity (Wildman–Crippen MR) is 136 cm³/mol. The molecule has 0 saturated carbocycles. The number of alkyl halides is 5. The van der Waals surface area contributed by atoms with E-state index in [0.717, 1.165) is 16.4 Å². The van der Waals surface area contributed by atoms with Crippen molar-refractivity contribution in [2.75, 3.05) is 19.6 Å². The van der Waals surface area contributed by atoms with E-state index in [1.54, 1.807) is 20.8 Å². The average Bonchev–Trinajstić information content (AvgIpc) is 2.86. The Kier molecular flexibility index (Phi) is 9.85. The number of ether oxygens (including phenoxy) is 2. The Balaban J connectivity index is 1.77. The number of carbonyl (C=O) groups excluding carboxylic acids is 2. The summed E-state index contributed by atoms with van der Waals surface area (Å²) in [6, 6.07) is 7.46. The van der Waals surface area contributed by atoms with Crippen molar-refractivity contribution < 1.29 is 49.4 Å². The second-order valence-electron chi connectivity index (χ2n) is 10.2. The highest BCUT2D eigenvalue weighted by Crippen LogP contribution is 2.31. The number of hydrogen-bond donors (Lipinski definition) is 1. The summed E-state index contributed by atoms with van der Waals surface area (Å²) in [5, 5.41) is 2.62. The highest BCUT2D eigenvalue weighted by atomic mass is 32.2. The molecule has 1 fully saturated rings. The Morgan fingerprint density at radius 2 is 1.61 bits per heavy atom. The van der Waals surface area contributed by atoms with Crippen molar-refractivity contribution in [1.29, 1.82) is 0 Å². The molecule has 2 amide bonds. The number of amides is 2. The van der Waals surface area contributed by atoms with E-state index in [2.05, 4.69) is 10.1 Å². The van der Waals surface area contributed by atoms with Gasteiger partial charge in [0.2, 0.25) is 15.9 Å². The van der Waals surface area contributed by atoms with Crippen LogP contribution >= 0.6 is 0 Å². The summed E-state index contributed by atoms with van der Waals surface area (Å²) >= 11 is 0. The topological polar surface area (TPSA) is 105 Å². The van der Waals surface area contributed by atoms with Crippen LogP contribution in [0.1, 0.15) is 38.3 Å². The van der Waals surface area contributed by atoms with Gasteiger partial charge < -0.3 is 19.7 Å². The molecular weight excluding hydrogens is 577 g/mol. The summed E-state index contributed by atoms with van der Waals surface area (Å²) in [6.45, 7) is 1.47. The molecule has 2 aromatic rings. The fourth-order valence-corrected chi connectivity index (χ4v) is 5.65. The first-order valence-electron chi connectivity index (χ1n) is 12.4. The Morgan fingerprint density at radius 1 is 1.00 bits per heavy atom. The van der Waals surface area contributed by atoms with Crippen LogP contribution in [0.2, 0.25) is 0 Å². The van der Waals surface area contributed by atoms with E-state index in [1.807, 2.05) is 0 Å². The van der Waals surface area contributed by atoms with Crippen LogP contribution in [-0.4, -0.2) is 67.5 Å². The number of hydrogen-bond acceptors (Lipinski definition) is 6. The maximum Gasteiger partial charge on any atom is 0.416 e. The van der Waals surface area contributed by atoms with Gasteiger partial charge in [-0.2, -0.15) is 26.3 Å². The third-order valence-corrected chi connectivity index (χ3v) is 7.89. The first-order chi connectivity index (χ1) is 19.0. The number of carbonyl (C=O) groups is 2. The third-order valence-electron chi connectivity index (χ3n) is 5.93. The van der Waals surface area contributed by atoms with Gasteiger partial charge in [-0.25, -0.2) is 13.2 Å². The van der Waals surface area contributed by atoms with Crippen LogP contribution in [0.15, 0.2) is 53.4 Å². The molecule has 1 aliphatic rings. The zero-order valence-corrected chi connectivity index (χ0v) is 23.3. The molecular formula is C26H30F5N3O6S. The first-order valence-corrected chi connectivity index (χ1v) is 13.9. The van der Waals surface area contributed by atoms with E-state index >= 15 is 0 Å². The van der Waals surface area contributed by atoms with Gasteiger partial charge in [0.15, 0.2) is 0 Å². The predicted octanol–water partition coefficient (Wildman–Crippen LogP) is 4.62. The quantitative estimate of drug-likeness (QED) is 0.439. The van der Waals surface area contributed by atoms with E-state index in [0.29, 0.717) is 17.7 Å². The van der Waals surface area contributed by atoms with Crippen molar-refractivity contribution in [2.24, 2.45) is 0 Å². The Bertz CT molecular complexity index is 1310. The van der Waals surface area contributed by atoms with Gasteiger partial charge in [0, 0.05) is 32.6 Å². The molecule has 0 bridgehead atoms. The van der Waals surface area contributed by atoms with Crippen molar-refractivity contribution in [3.63, 3.8) is 0 Å². The number of piperazine rings is 1. The summed E-state index contributed by atoms with van der Waals surface area (Å²) in [5.74, 6) is -0.648. The molecule has 3 rings (SSSR count). The van der Waals surface area contributed by atoms with Crippen LogP contribution < -0.4 is 10.1 Å². The molecule has 41 heavy (non-hydrogen) atoms. The summed E-state index contributed by atoms with van der Waals surface area (Å²) in [4.78, 5) is 26.4. The molecule has 0 radical (unpaired) electrons. The van der Waals surface area contributed by atoms with Crippen LogP contribution in [0.3, 0.4) is 0 Å². The molecule has 15 heteroatoms. The minimum atomic E-state index is -4.65. The van der Waals surface area contributed by atoms with Gasteiger partial charge >= 0.3 is 18.9 Å². The zero-order chi connectivity index (χ0) is 30.6. The van der Waals surface area contributed by atoms with E-state index in [1.165, 1.54) is 29.2 Å². The van der Waals surface area contributed by atoms with Crippen LogP contribution in [0.5, 0.6) is 5.75 Å². The van der Waals surface area contributed by atoms with Crippen molar-refractivity contribution in [2.45, 2.75) is 63.1 Å². The smallest absolute Gasteiger partial charge is 0.416 e. The van der Waals surface area contributed by atoms with Crippen molar-refractivity contribution in [3.05, 3.63) is 59.7 Å². The molecule has 0 unspecified atom stereocenters. The van der Waals surface area contributed by atoms with Gasteiger partial charge in [-0.3, -0.25) is 4.79 Å². The molecule has 2 aromatic carbocycles. The van der Waals surface area contributed by atoms with Gasteiger partial charge in [-0.05, 0) is 62.7 Å². The van der Waals surface area contributed by atoms with E-state index in [4.69, 9.17) is 4.74 Å². The number of sulfonamides is 1. The molecule has 1 aliphatic heterocycles. The average molecular weight is 608 g/mol. The monoisotopic (exact) mass is 607 g/mol. The lowest BCUT2D eigenvalue weighted by atomic mass is 10.1. The first kappa shape index (κ1) is 32.1. The summed E-state index contributed by atoms with van der Waals surface area (Å²) in [6.07, 6.45) is -5.75. The Morgan fingerprint density at radius 3 is 2.15 bits per heavy atom. The minimum absolute atomic E-state index is 0.0120. The number of halogens is 5. The van der Waals surface area contributed by atoms with Crippen molar-refractivity contribution >= 4 is 22.0 Å². The maximum absolute atomic E-state index is 13.4. The highest BCUT2D eigenvalue weighted by Gasteiger charge is 2.40. The lowest BCUT2D eigenvalue weighted by Crippen LogP contribution is -2.58. The summed E-state index contributed by atoms with van der Waals surface area (Å²) in [5.41, 5.74) is -1.30. The third kappa shape index (κ3) is 9.01. The zero-order valence-electron chi connectivity index (χ0n) is 22.5. The number of nitrogens with one attached hydrogen (secondary N) is 1. The van der Waals surface area contributed by atoms with Gasteiger partial charge in [0.1, 0.15) is 11.4 Å². The van der Waals surface area contributed by atoms with E-state index < -0.39 is 56.9 Å².